The lowest BCUT2D eigenvalue weighted by molar-refractivity contribution is 0.0258. The van der Waals surface area contributed by atoms with Crippen molar-refractivity contribution < 1.29 is 9.47 Å². The molecule has 1 atom stereocenters. The first kappa shape index (κ1) is 21.2. The van der Waals surface area contributed by atoms with Crippen LogP contribution in [0, 0.1) is 5.92 Å². The van der Waals surface area contributed by atoms with Crippen molar-refractivity contribution in [2.24, 2.45) is 10.9 Å². The minimum atomic E-state index is 0.310. The van der Waals surface area contributed by atoms with Crippen LogP contribution in [0.4, 0.5) is 0 Å². The Bertz CT molecular complexity index is 342. The smallest absolute Gasteiger partial charge is 0.191 e. The lowest BCUT2D eigenvalue weighted by atomic mass is 10.0. The van der Waals surface area contributed by atoms with Gasteiger partial charge in [0.15, 0.2) is 5.96 Å². The van der Waals surface area contributed by atoms with E-state index in [0.717, 1.165) is 64.6 Å². The van der Waals surface area contributed by atoms with Gasteiger partial charge in [-0.2, -0.15) is 0 Å². The van der Waals surface area contributed by atoms with Gasteiger partial charge in [0.25, 0.3) is 0 Å². The average molecular weight is 343 g/mol. The van der Waals surface area contributed by atoms with E-state index in [1.165, 1.54) is 0 Å². The fraction of sp³-hybridized carbons (Fsp3) is 0.944. The molecule has 0 bridgehead atoms. The molecule has 2 N–H and O–H groups in total. The Kier molecular flexibility index (Phi) is 11.0. The molecule has 0 radical (unpaired) electrons. The first-order valence-electron chi connectivity index (χ1n) is 9.40. The highest BCUT2D eigenvalue weighted by Gasteiger charge is 2.20. The predicted octanol–water partition coefficient (Wildman–Crippen LogP) is 1.71. The van der Waals surface area contributed by atoms with E-state index in [9.17, 15) is 0 Å². The van der Waals surface area contributed by atoms with Crippen LogP contribution in [0.2, 0.25) is 0 Å². The van der Waals surface area contributed by atoms with Gasteiger partial charge in [-0.1, -0.05) is 13.8 Å². The molecule has 0 amide bonds. The summed E-state index contributed by atoms with van der Waals surface area (Å²) < 4.78 is 11.0. The lowest BCUT2D eigenvalue weighted by Gasteiger charge is -2.33. The first-order chi connectivity index (χ1) is 11.6. The largest absolute Gasteiger partial charge is 0.383 e. The van der Waals surface area contributed by atoms with E-state index < -0.39 is 0 Å². The zero-order chi connectivity index (χ0) is 17.8. The number of hydrogen-bond acceptors (Lipinski definition) is 4. The van der Waals surface area contributed by atoms with E-state index in [-0.39, 0.29) is 0 Å². The Morgan fingerprint density at radius 1 is 1.29 bits per heavy atom. The van der Waals surface area contributed by atoms with Crippen molar-refractivity contribution in [1.82, 2.24) is 15.5 Å². The molecule has 0 aromatic carbocycles. The summed E-state index contributed by atoms with van der Waals surface area (Å²) in [5.74, 6) is 1.45. The van der Waals surface area contributed by atoms with Crippen molar-refractivity contribution in [1.29, 1.82) is 0 Å². The standard InChI is InChI=1S/C18H38N4O2/c1-6-24-17(15(2)3)7-10-20-18(19-4)21-16-8-11-22(12-9-16)13-14-23-5/h15-17H,6-14H2,1-5H3,(H2,19,20,21). The highest BCUT2D eigenvalue weighted by Crippen LogP contribution is 2.11. The van der Waals surface area contributed by atoms with Crippen LogP contribution in [-0.4, -0.2) is 76.6 Å². The quantitative estimate of drug-likeness (QED) is 0.468. The number of piperidine rings is 1. The maximum atomic E-state index is 5.80. The molecule has 0 spiro atoms. The van der Waals surface area contributed by atoms with Crippen LogP contribution in [0.15, 0.2) is 4.99 Å². The molecule has 1 unspecified atom stereocenters. The van der Waals surface area contributed by atoms with E-state index in [1.807, 2.05) is 7.05 Å². The third kappa shape index (κ3) is 8.31. The Morgan fingerprint density at radius 3 is 2.54 bits per heavy atom. The lowest BCUT2D eigenvalue weighted by Crippen LogP contribution is -2.49. The maximum absolute atomic E-state index is 5.80. The van der Waals surface area contributed by atoms with E-state index in [1.54, 1.807) is 7.11 Å². The number of guanidine groups is 1. The molecule has 0 aromatic rings. The zero-order valence-electron chi connectivity index (χ0n) is 16.3. The van der Waals surface area contributed by atoms with Crippen molar-refractivity contribution in [3.8, 4) is 0 Å². The van der Waals surface area contributed by atoms with Crippen LogP contribution in [0.1, 0.15) is 40.0 Å². The summed E-state index contributed by atoms with van der Waals surface area (Å²) >= 11 is 0. The van der Waals surface area contributed by atoms with Crippen molar-refractivity contribution in [2.45, 2.75) is 52.2 Å². The second-order valence-electron chi connectivity index (χ2n) is 6.78. The van der Waals surface area contributed by atoms with E-state index >= 15 is 0 Å². The molecular formula is C18H38N4O2. The summed E-state index contributed by atoms with van der Waals surface area (Å²) in [5, 5.41) is 6.99. The Hall–Kier alpha value is -0.850. The predicted molar refractivity (Wildman–Crippen MR) is 101 cm³/mol. The topological polar surface area (TPSA) is 58.1 Å². The third-order valence-corrected chi connectivity index (χ3v) is 4.61. The minimum absolute atomic E-state index is 0.310. The van der Waals surface area contributed by atoms with Gasteiger partial charge in [0, 0.05) is 53.0 Å². The van der Waals surface area contributed by atoms with Crippen molar-refractivity contribution in [3.63, 3.8) is 0 Å². The zero-order valence-corrected chi connectivity index (χ0v) is 16.3. The molecular weight excluding hydrogens is 304 g/mol. The van der Waals surface area contributed by atoms with Gasteiger partial charge in [0.05, 0.1) is 12.7 Å². The molecule has 6 heteroatoms. The van der Waals surface area contributed by atoms with E-state index in [0.29, 0.717) is 18.1 Å². The molecule has 1 heterocycles. The first-order valence-corrected chi connectivity index (χ1v) is 9.40. The number of rotatable bonds is 10. The fourth-order valence-corrected chi connectivity index (χ4v) is 3.07. The molecule has 1 aliphatic rings. The van der Waals surface area contributed by atoms with Crippen LogP contribution in [0.5, 0.6) is 0 Å². The van der Waals surface area contributed by atoms with E-state index in [2.05, 4.69) is 41.3 Å². The molecule has 1 rings (SSSR count). The van der Waals surface area contributed by atoms with Gasteiger partial charge in [-0.3, -0.25) is 4.99 Å². The molecule has 24 heavy (non-hydrogen) atoms. The number of aliphatic imine (C=N–C) groups is 1. The summed E-state index contributed by atoms with van der Waals surface area (Å²) in [7, 11) is 3.60. The summed E-state index contributed by atoms with van der Waals surface area (Å²) in [6, 6.07) is 0.503. The van der Waals surface area contributed by atoms with Crippen molar-refractivity contribution in [2.75, 3.05) is 53.6 Å². The van der Waals surface area contributed by atoms with Gasteiger partial charge >= 0.3 is 0 Å². The molecule has 0 aromatic heterocycles. The van der Waals surface area contributed by atoms with E-state index in [4.69, 9.17) is 9.47 Å². The van der Waals surface area contributed by atoms with Crippen LogP contribution < -0.4 is 10.6 Å². The van der Waals surface area contributed by atoms with Crippen LogP contribution in [-0.2, 0) is 9.47 Å². The van der Waals surface area contributed by atoms with Gasteiger partial charge in [-0.15, -0.1) is 0 Å². The van der Waals surface area contributed by atoms with Gasteiger partial charge in [-0.25, -0.2) is 0 Å². The summed E-state index contributed by atoms with van der Waals surface area (Å²) in [5.41, 5.74) is 0. The molecule has 1 aliphatic heterocycles. The fourth-order valence-electron chi connectivity index (χ4n) is 3.07. The summed E-state index contributed by atoms with van der Waals surface area (Å²) in [6.45, 7) is 12.2. The number of methoxy groups -OCH3 is 1. The second-order valence-corrected chi connectivity index (χ2v) is 6.78. The highest BCUT2D eigenvalue weighted by molar-refractivity contribution is 5.79. The summed E-state index contributed by atoms with van der Waals surface area (Å²) in [6.07, 6.45) is 3.61. The number of ether oxygens (including phenoxy) is 2. The maximum Gasteiger partial charge on any atom is 0.191 e. The number of nitrogens with one attached hydrogen (secondary N) is 2. The Balaban J connectivity index is 2.26. The van der Waals surface area contributed by atoms with Crippen LogP contribution in [0.3, 0.4) is 0 Å². The normalized spacial score (nSPS) is 18.8. The molecule has 1 fully saturated rings. The van der Waals surface area contributed by atoms with Gasteiger partial charge in [-0.05, 0) is 32.1 Å². The van der Waals surface area contributed by atoms with Gasteiger partial charge in [0.2, 0.25) is 0 Å². The van der Waals surface area contributed by atoms with Crippen molar-refractivity contribution >= 4 is 5.96 Å². The summed E-state index contributed by atoms with van der Waals surface area (Å²) in [4.78, 5) is 6.82. The molecule has 0 aliphatic carbocycles. The second kappa shape index (κ2) is 12.5. The van der Waals surface area contributed by atoms with Gasteiger partial charge < -0.3 is 25.0 Å². The SMILES string of the molecule is CCOC(CCNC(=NC)NC1CCN(CCOC)CC1)C(C)C. The Labute approximate surface area is 148 Å². The number of hydrogen-bond donors (Lipinski definition) is 2. The molecule has 0 saturated carbocycles. The molecule has 6 nitrogen and oxygen atoms in total. The third-order valence-electron chi connectivity index (χ3n) is 4.61. The monoisotopic (exact) mass is 342 g/mol. The highest BCUT2D eigenvalue weighted by atomic mass is 16.5. The van der Waals surface area contributed by atoms with Gasteiger partial charge in [0.1, 0.15) is 0 Å². The number of likely N-dealkylation sites (tertiary alicyclic amines) is 1. The average Bonchev–Trinajstić information content (AvgIpc) is 2.59. The molecule has 142 valence electrons. The minimum Gasteiger partial charge on any atom is -0.383 e. The molecule has 1 saturated heterocycles. The Morgan fingerprint density at radius 2 is 2.00 bits per heavy atom. The number of nitrogens with zero attached hydrogens (tertiary/aromatic N) is 2. The van der Waals surface area contributed by atoms with Crippen LogP contribution >= 0.6 is 0 Å². The van der Waals surface area contributed by atoms with Crippen LogP contribution in [0.25, 0.3) is 0 Å². The van der Waals surface area contributed by atoms with Crippen molar-refractivity contribution in [3.05, 3.63) is 0 Å².